The lowest BCUT2D eigenvalue weighted by Crippen LogP contribution is -2.26. The zero-order chi connectivity index (χ0) is 12.0. The summed E-state index contributed by atoms with van der Waals surface area (Å²) in [6.45, 7) is 8.22. The third kappa shape index (κ3) is 2.88. The molecule has 0 fully saturated rings. The lowest BCUT2D eigenvalue weighted by atomic mass is 10.4. The molecule has 0 aliphatic heterocycles. The summed E-state index contributed by atoms with van der Waals surface area (Å²) in [4.78, 5) is 23.7. The second kappa shape index (κ2) is 5.59. The Morgan fingerprint density at radius 1 is 1.38 bits per heavy atom. The van der Waals surface area contributed by atoms with Crippen molar-refractivity contribution in [2.45, 2.75) is 0 Å². The summed E-state index contributed by atoms with van der Waals surface area (Å²) in [5.74, 6) is -1.16. The minimum absolute atomic E-state index is 0.275. The second-order valence-electron chi connectivity index (χ2n) is 2.90. The molecule has 0 spiro atoms. The van der Waals surface area contributed by atoms with Gasteiger partial charge in [0.2, 0.25) is 11.8 Å². The Kier molecular flexibility index (Phi) is 4.14. The van der Waals surface area contributed by atoms with E-state index in [9.17, 15) is 4.79 Å². The van der Waals surface area contributed by atoms with E-state index in [-0.39, 0.29) is 5.82 Å². The molecule has 1 N–H and O–H groups in total. The summed E-state index contributed by atoms with van der Waals surface area (Å²) in [6, 6.07) is 0. The molecule has 0 saturated heterocycles. The van der Waals surface area contributed by atoms with Crippen LogP contribution in [0.2, 0.25) is 0 Å². The summed E-state index contributed by atoms with van der Waals surface area (Å²) in [7, 11) is 0. The van der Waals surface area contributed by atoms with Gasteiger partial charge in [-0.25, -0.2) is 14.8 Å². The van der Waals surface area contributed by atoms with E-state index in [1.165, 1.54) is 6.33 Å². The smallest absolute Gasteiger partial charge is 0.374 e. The van der Waals surface area contributed by atoms with Crippen molar-refractivity contribution in [2.24, 2.45) is 0 Å². The normalized spacial score (nSPS) is 9.50. The maximum atomic E-state index is 10.7. The van der Waals surface area contributed by atoms with Crippen LogP contribution >= 0.6 is 0 Å². The molecular formula is C10H12N4O2. The van der Waals surface area contributed by atoms with Crippen LogP contribution in [0, 0.1) is 0 Å². The fourth-order valence-corrected chi connectivity index (χ4v) is 1.09. The summed E-state index contributed by atoms with van der Waals surface area (Å²) in [5.41, 5.74) is 0. The van der Waals surface area contributed by atoms with Gasteiger partial charge in [0, 0.05) is 13.1 Å². The SMILES string of the molecule is C=CCN(CC=C)c1ncnc(C(=O)O)n1. The molecule has 1 rings (SSSR count). The quantitative estimate of drug-likeness (QED) is 0.712. The first kappa shape index (κ1) is 11.8. The van der Waals surface area contributed by atoms with Gasteiger partial charge in [0.1, 0.15) is 6.33 Å². The summed E-state index contributed by atoms with van der Waals surface area (Å²) < 4.78 is 0. The molecule has 6 heteroatoms. The van der Waals surface area contributed by atoms with Gasteiger partial charge < -0.3 is 10.0 Å². The van der Waals surface area contributed by atoms with Gasteiger partial charge in [0.05, 0.1) is 0 Å². The highest BCUT2D eigenvalue weighted by Gasteiger charge is 2.11. The van der Waals surface area contributed by atoms with E-state index in [1.54, 1.807) is 17.1 Å². The molecule has 1 aromatic rings. The first-order valence-corrected chi connectivity index (χ1v) is 4.58. The van der Waals surface area contributed by atoms with Gasteiger partial charge in [-0.1, -0.05) is 12.2 Å². The molecule has 16 heavy (non-hydrogen) atoms. The van der Waals surface area contributed by atoms with Crippen molar-refractivity contribution in [1.82, 2.24) is 15.0 Å². The Labute approximate surface area is 93.0 Å². The average molecular weight is 220 g/mol. The van der Waals surface area contributed by atoms with Crippen LogP contribution in [-0.2, 0) is 0 Å². The number of anilines is 1. The predicted molar refractivity (Wildman–Crippen MR) is 59.4 cm³/mol. The standard InChI is InChI=1S/C10H12N4O2/c1-3-5-14(6-4-2)10-12-7-11-8(13-10)9(15)16/h3-4,7H,1-2,5-6H2,(H,15,16). The first-order chi connectivity index (χ1) is 7.69. The molecule has 0 saturated carbocycles. The van der Waals surface area contributed by atoms with Crippen molar-refractivity contribution in [3.63, 3.8) is 0 Å². The fourth-order valence-electron chi connectivity index (χ4n) is 1.09. The molecule has 0 bridgehead atoms. The van der Waals surface area contributed by atoms with Gasteiger partial charge in [-0.3, -0.25) is 0 Å². The molecule has 0 atom stereocenters. The van der Waals surface area contributed by atoms with Crippen molar-refractivity contribution in [3.8, 4) is 0 Å². The van der Waals surface area contributed by atoms with Crippen LogP contribution in [0.1, 0.15) is 10.6 Å². The number of carbonyl (C=O) groups is 1. The van der Waals surface area contributed by atoms with Crippen molar-refractivity contribution in [3.05, 3.63) is 37.5 Å². The lowest BCUT2D eigenvalue weighted by molar-refractivity contribution is 0.0683. The Morgan fingerprint density at radius 3 is 2.50 bits per heavy atom. The molecule has 84 valence electrons. The van der Waals surface area contributed by atoms with E-state index < -0.39 is 5.97 Å². The Bertz CT molecular complexity index is 396. The van der Waals surface area contributed by atoms with E-state index in [0.29, 0.717) is 19.0 Å². The highest BCUT2D eigenvalue weighted by molar-refractivity contribution is 5.83. The molecule has 0 aliphatic rings. The molecule has 6 nitrogen and oxygen atoms in total. The van der Waals surface area contributed by atoms with E-state index in [1.807, 2.05) is 0 Å². The van der Waals surface area contributed by atoms with E-state index in [4.69, 9.17) is 5.11 Å². The number of hydrogen-bond donors (Lipinski definition) is 1. The van der Waals surface area contributed by atoms with Gasteiger partial charge in [0.15, 0.2) is 0 Å². The van der Waals surface area contributed by atoms with Gasteiger partial charge in [0.25, 0.3) is 0 Å². The van der Waals surface area contributed by atoms with Crippen molar-refractivity contribution < 1.29 is 9.90 Å². The van der Waals surface area contributed by atoms with Crippen LogP contribution in [0.15, 0.2) is 31.6 Å². The number of rotatable bonds is 6. The first-order valence-electron chi connectivity index (χ1n) is 4.58. The van der Waals surface area contributed by atoms with Crippen molar-refractivity contribution >= 4 is 11.9 Å². The van der Waals surface area contributed by atoms with Crippen LogP contribution in [0.3, 0.4) is 0 Å². The topological polar surface area (TPSA) is 79.2 Å². The highest BCUT2D eigenvalue weighted by atomic mass is 16.4. The molecule has 0 amide bonds. The predicted octanol–water partition coefficient (Wildman–Crippen LogP) is 0.748. The number of aromatic nitrogens is 3. The third-order valence-corrected chi connectivity index (χ3v) is 1.73. The highest BCUT2D eigenvalue weighted by Crippen LogP contribution is 2.05. The number of aromatic carboxylic acids is 1. The summed E-state index contributed by atoms with van der Waals surface area (Å²) >= 11 is 0. The Morgan fingerprint density at radius 2 is 2.00 bits per heavy atom. The van der Waals surface area contributed by atoms with Crippen LogP contribution in [-0.4, -0.2) is 39.1 Å². The van der Waals surface area contributed by atoms with Crippen LogP contribution in [0.25, 0.3) is 0 Å². The molecule has 1 heterocycles. The molecule has 0 aromatic carbocycles. The summed E-state index contributed by atoms with van der Waals surface area (Å²) in [6.07, 6.45) is 4.52. The number of carboxylic acid groups (broad SMARTS) is 1. The zero-order valence-electron chi connectivity index (χ0n) is 8.70. The van der Waals surface area contributed by atoms with Crippen LogP contribution in [0.5, 0.6) is 0 Å². The molecule has 1 aromatic heterocycles. The summed E-state index contributed by atoms with van der Waals surface area (Å²) in [5, 5.41) is 8.74. The fraction of sp³-hybridized carbons (Fsp3) is 0.200. The Balaban J connectivity index is 2.98. The number of hydrogen-bond acceptors (Lipinski definition) is 5. The number of carboxylic acids is 1. The maximum absolute atomic E-state index is 10.7. The zero-order valence-corrected chi connectivity index (χ0v) is 8.70. The third-order valence-electron chi connectivity index (χ3n) is 1.73. The van der Waals surface area contributed by atoms with E-state index >= 15 is 0 Å². The second-order valence-corrected chi connectivity index (χ2v) is 2.90. The van der Waals surface area contributed by atoms with Gasteiger partial charge >= 0.3 is 5.97 Å². The Hall–Kier alpha value is -2.24. The van der Waals surface area contributed by atoms with E-state index in [0.717, 1.165) is 0 Å². The molecular weight excluding hydrogens is 208 g/mol. The van der Waals surface area contributed by atoms with Crippen molar-refractivity contribution in [2.75, 3.05) is 18.0 Å². The number of nitrogens with zero attached hydrogens (tertiary/aromatic N) is 4. The molecule has 0 radical (unpaired) electrons. The van der Waals surface area contributed by atoms with Gasteiger partial charge in [-0.15, -0.1) is 13.2 Å². The molecule has 0 unspecified atom stereocenters. The monoisotopic (exact) mass is 220 g/mol. The average Bonchev–Trinajstić information content (AvgIpc) is 2.29. The van der Waals surface area contributed by atoms with Gasteiger partial charge in [-0.2, -0.15) is 4.98 Å². The molecule has 0 aliphatic carbocycles. The van der Waals surface area contributed by atoms with E-state index in [2.05, 4.69) is 28.1 Å². The van der Waals surface area contributed by atoms with Crippen LogP contribution in [0.4, 0.5) is 5.95 Å². The van der Waals surface area contributed by atoms with Gasteiger partial charge in [-0.05, 0) is 0 Å². The van der Waals surface area contributed by atoms with Crippen molar-refractivity contribution in [1.29, 1.82) is 0 Å². The van der Waals surface area contributed by atoms with Crippen LogP contribution < -0.4 is 4.90 Å². The lowest BCUT2D eigenvalue weighted by Gasteiger charge is -2.18. The largest absolute Gasteiger partial charge is 0.475 e. The maximum Gasteiger partial charge on any atom is 0.374 e. The minimum atomic E-state index is -1.18. The minimum Gasteiger partial charge on any atom is -0.475 e.